The first-order chi connectivity index (χ1) is 9.06. The van der Waals surface area contributed by atoms with E-state index in [0.717, 1.165) is 12.1 Å². The predicted molar refractivity (Wildman–Crippen MR) is 66.8 cm³/mol. The van der Waals surface area contributed by atoms with E-state index in [4.69, 9.17) is 5.11 Å². The number of aliphatic carboxylic acids is 1. The summed E-state index contributed by atoms with van der Waals surface area (Å²) in [5, 5.41) is 38.3. The van der Waals surface area contributed by atoms with Gasteiger partial charge in [0, 0.05) is 18.1 Å². The summed E-state index contributed by atoms with van der Waals surface area (Å²) in [7, 11) is 0. The molecular weight excluding hydrogens is 270 g/mol. The van der Waals surface area contributed by atoms with Crippen molar-refractivity contribution >= 4 is 17.4 Å². The van der Waals surface area contributed by atoms with E-state index in [0.29, 0.717) is 0 Å². The molecule has 0 bridgehead atoms. The number of ketones is 1. The summed E-state index contributed by atoms with van der Waals surface area (Å²) in [6.07, 6.45) is -0.399. The molecule has 1 aromatic rings. The highest BCUT2D eigenvalue weighted by molar-refractivity contribution is 6.00. The van der Waals surface area contributed by atoms with Crippen molar-refractivity contribution in [1.29, 1.82) is 0 Å². The Kier molecular flexibility index (Phi) is 3.97. The van der Waals surface area contributed by atoms with Crippen molar-refractivity contribution in [3.05, 3.63) is 27.8 Å². The molecular formula is C12H13NO7. The lowest BCUT2D eigenvalue weighted by molar-refractivity contribution is -0.386. The van der Waals surface area contributed by atoms with Crippen LogP contribution in [0.1, 0.15) is 30.6 Å². The molecule has 0 saturated carbocycles. The van der Waals surface area contributed by atoms with Gasteiger partial charge in [0.25, 0.3) is 0 Å². The number of carbonyl (C=O) groups excluding carboxylic acids is 1. The number of Topliss-reactive ketones (excluding diaryl/α,β-unsaturated/α-hetero) is 1. The molecule has 1 aromatic carbocycles. The number of benzene rings is 1. The minimum Gasteiger partial charge on any atom is -0.504 e. The number of aromatic hydroxyl groups is 2. The second-order valence-corrected chi connectivity index (χ2v) is 4.91. The van der Waals surface area contributed by atoms with E-state index < -0.39 is 45.7 Å². The highest BCUT2D eigenvalue weighted by atomic mass is 16.6. The number of rotatable bonds is 5. The van der Waals surface area contributed by atoms with Crippen LogP contribution in [0.3, 0.4) is 0 Å². The maximum atomic E-state index is 11.9. The molecule has 0 aliphatic carbocycles. The zero-order valence-electron chi connectivity index (χ0n) is 10.8. The molecule has 0 saturated heterocycles. The molecule has 0 unspecified atom stereocenters. The highest BCUT2D eigenvalue weighted by Crippen LogP contribution is 2.37. The number of carboxylic acids is 1. The van der Waals surface area contributed by atoms with Crippen molar-refractivity contribution < 1.29 is 29.8 Å². The van der Waals surface area contributed by atoms with Crippen LogP contribution in [0.4, 0.5) is 5.69 Å². The van der Waals surface area contributed by atoms with Crippen LogP contribution in [0.25, 0.3) is 0 Å². The minimum atomic E-state index is -1.35. The number of nitro benzene ring substituents is 1. The van der Waals surface area contributed by atoms with Crippen LogP contribution in [0.2, 0.25) is 0 Å². The molecule has 0 radical (unpaired) electrons. The number of hydrogen-bond acceptors (Lipinski definition) is 6. The van der Waals surface area contributed by atoms with Crippen LogP contribution >= 0.6 is 0 Å². The topological polar surface area (TPSA) is 138 Å². The lowest BCUT2D eigenvalue weighted by atomic mass is 9.85. The molecule has 0 aromatic heterocycles. The first-order valence-corrected chi connectivity index (χ1v) is 5.53. The van der Waals surface area contributed by atoms with E-state index in [9.17, 15) is 29.9 Å². The molecule has 0 atom stereocenters. The van der Waals surface area contributed by atoms with Gasteiger partial charge in [-0.1, -0.05) is 0 Å². The molecule has 0 aliphatic rings. The molecule has 0 aliphatic heterocycles. The predicted octanol–water partition coefficient (Wildman–Crippen LogP) is 1.69. The summed E-state index contributed by atoms with van der Waals surface area (Å²) in [5.41, 5.74) is -2.40. The van der Waals surface area contributed by atoms with Crippen molar-refractivity contribution in [1.82, 2.24) is 0 Å². The first kappa shape index (κ1) is 15.4. The lowest BCUT2D eigenvalue weighted by Crippen LogP contribution is -2.27. The Morgan fingerprint density at radius 3 is 2.30 bits per heavy atom. The summed E-state index contributed by atoms with van der Waals surface area (Å²) >= 11 is 0. The van der Waals surface area contributed by atoms with E-state index in [2.05, 4.69) is 0 Å². The van der Waals surface area contributed by atoms with Crippen molar-refractivity contribution in [3.8, 4) is 11.5 Å². The zero-order valence-corrected chi connectivity index (χ0v) is 10.8. The molecule has 0 amide bonds. The van der Waals surface area contributed by atoms with E-state index in [1.165, 1.54) is 13.8 Å². The van der Waals surface area contributed by atoms with E-state index in [-0.39, 0.29) is 5.56 Å². The molecule has 1 rings (SSSR count). The normalized spacial score (nSPS) is 11.1. The van der Waals surface area contributed by atoms with Gasteiger partial charge in [-0.25, -0.2) is 0 Å². The van der Waals surface area contributed by atoms with Gasteiger partial charge in [-0.3, -0.25) is 19.7 Å². The summed E-state index contributed by atoms with van der Waals surface area (Å²) in [6, 6.07) is 1.66. The van der Waals surface area contributed by atoms with Gasteiger partial charge in [-0.2, -0.15) is 0 Å². The van der Waals surface area contributed by atoms with Crippen LogP contribution in [-0.2, 0) is 4.79 Å². The molecule has 8 nitrogen and oxygen atoms in total. The SMILES string of the molecule is CC(C)(CC(=O)c1cc(O)c(O)c([N+](=O)[O-])c1)C(=O)O. The third-order valence-electron chi connectivity index (χ3n) is 2.77. The fourth-order valence-corrected chi connectivity index (χ4v) is 1.48. The largest absolute Gasteiger partial charge is 0.504 e. The monoisotopic (exact) mass is 283 g/mol. The molecule has 0 heterocycles. The average molecular weight is 283 g/mol. The van der Waals surface area contributed by atoms with E-state index in [1.807, 2.05) is 0 Å². The van der Waals surface area contributed by atoms with Gasteiger partial charge in [0.05, 0.1) is 10.3 Å². The van der Waals surface area contributed by atoms with Crippen LogP contribution in [0.5, 0.6) is 11.5 Å². The van der Waals surface area contributed by atoms with Gasteiger partial charge in [0.1, 0.15) is 0 Å². The second-order valence-electron chi connectivity index (χ2n) is 4.91. The molecule has 0 spiro atoms. The van der Waals surface area contributed by atoms with Crippen LogP contribution < -0.4 is 0 Å². The third kappa shape index (κ3) is 3.02. The van der Waals surface area contributed by atoms with Crippen LogP contribution in [0.15, 0.2) is 12.1 Å². The van der Waals surface area contributed by atoms with Crippen molar-refractivity contribution in [2.75, 3.05) is 0 Å². The van der Waals surface area contributed by atoms with Gasteiger partial charge < -0.3 is 15.3 Å². The Morgan fingerprint density at radius 2 is 1.85 bits per heavy atom. The molecule has 108 valence electrons. The van der Waals surface area contributed by atoms with E-state index >= 15 is 0 Å². The molecule has 8 heteroatoms. The van der Waals surface area contributed by atoms with Gasteiger partial charge in [0.2, 0.25) is 5.75 Å². The summed E-state index contributed by atoms with van der Waals surface area (Å²) in [5.74, 6) is -3.63. The lowest BCUT2D eigenvalue weighted by Gasteiger charge is -2.17. The van der Waals surface area contributed by atoms with Gasteiger partial charge in [-0.15, -0.1) is 0 Å². The fourth-order valence-electron chi connectivity index (χ4n) is 1.48. The quantitative estimate of drug-likeness (QED) is 0.323. The highest BCUT2D eigenvalue weighted by Gasteiger charge is 2.31. The van der Waals surface area contributed by atoms with Crippen LogP contribution in [0, 0.1) is 15.5 Å². The third-order valence-corrected chi connectivity index (χ3v) is 2.77. The fraction of sp³-hybridized carbons (Fsp3) is 0.333. The number of phenolic OH excluding ortho intramolecular Hbond substituents is 2. The van der Waals surface area contributed by atoms with E-state index in [1.54, 1.807) is 0 Å². The number of nitrogens with zero attached hydrogens (tertiary/aromatic N) is 1. The smallest absolute Gasteiger partial charge is 0.315 e. The minimum absolute atomic E-state index is 0.235. The average Bonchev–Trinajstić information content (AvgIpc) is 2.31. The maximum absolute atomic E-state index is 11.9. The Labute approximate surface area is 113 Å². The van der Waals surface area contributed by atoms with Crippen molar-refractivity contribution in [2.24, 2.45) is 5.41 Å². The van der Waals surface area contributed by atoms with Crippen molar-refractivity contribution in [3.63, 3.8) is 0 Å². The Hall–Kier alpha value is -2.64. The Bertz CT molecular complexity index is 592. The Balaban J connectivity index is 3.18. The summed E-state index contributed by atoms with van der Waals surface area (Å²) in [4.78, 5) is 32.6. The number of phenols is 2. The number of carbonyl (C=O) groups is 2. The standard InChI is InChI=1S/C12H13NO7/c1-12(2,11(17)18)5-9(15)6-3-7(13(19)20)10(16)8(14)4-6/h3-4,14,16H,5H2,1-2H3,(H,17,18). The number of nitro groups is 1. The summed E-state index contributed by atoms with van der Waals surface area (Å²) < 4.78 is 0. The molecule has 20 heavy (non-hydrogen) atoms. The maximum Gasteiger partial charge on any atom is 0.315 e. The van der Waals surface area contributed by atoms with Gasteiger partial charge in [0.15, 0.2) is 11.5 Å². The summed E-state index contributed by atoms with van der Waals surface area (Å²) in [6.45, 7) is 2.67. The Morgan fingerprint density at radius 1 is 1.30 bits per heavy atom. The van der Waals surface area contributed by atoms with Gasteiger partial charge >= 0.3 is 11.7 Å². The first-order valence-electron chi connectivity index (χ1n) is 5.53. The number of carboxylic acid groups (broad SMARTS) is 1. The molecule has 3 N–H and O–H groups in total. The van der Waals surface area contributed by atoms with Crippen LogP contribution in [-0.4, -0.2) is 32.0 Å². The second kappa shape index (κ2) is 5.16. The molecule has 0 fully saturated rings. The van der Waals surface area contributed by atoms with Gasteiger partial charge in [-0.05, 0) is 19.9 Å². The van der Waals surface area contributed by atoms with Crippen molar-refractivity contribution in [2.45, 2.75) is 20.3 Å². The number of hydrogen-bond donors (Lipinski definition) is 3. The zero-order chi connectivity index (χ0) is 15.7.